The monoisotopic (exact) mass is 612 g/mol. The Kier molecular flexibility index (Phi) is 6.91. The van der Waals surface area contributed by atoms with Gasteiger partial charge in [0, 0.05) is 53.9 Å². The molecule has 0 bridgehead atoms. The Bertz CT molecular complexity index is 1910. The molecule has 7 nitrogen and oxygen atoms in total. The van der Waals surface area contributed by atoms with Crippen LogP contribution < -0.4 is 0 Å². The van der Waals surface area contributed by atoms with Crippen molar-refractivity contribution in [2.75, 3.05) is 13.1 Å². The van der Waals surface area contributed by atoms with Gasteiger partial charge in [0.2, 0.25) is 11.8 Å². The molecule has 2 aliphatic heterocycles. The lowest BCUT2D eigenvalue weighted by molar-refractivity contribution is -0.144. The minimum atomic E-state index is -0.681. The number of likely N-dealkylation sites (tertiary alicyclic amines) is 2. The van der Waals surface area contributed by atoms with Crippen molar-refractivity contribution in [3.05, 3.63) is 112 Å². The molecule has 1 N–H and O–H groups in total. The highest BCUT2D eigenvalue weighted by Gasteiger charge is 2.57. The average molecular weight is 613 g/mol. The summed E-state index contributed by atoms with van der Waals surface area (Å²) in [6, 6.07) is 21.4. The zero-order chi connectivity index (χ0) is 31.7. The number of hydrogen-bond donors (Lipinski definition) is 1. The van der Waals surface area contributed by atoms with Crippen LogP contribution >= 0.6 is 0 Å². The van der Waals surface area contributed by atoms with Gasteiger partial charge in [-0.25, -0.2) is 0 Å². The van der Waals surface area contributed by atoms with Crippen molar-refractivity contribution in [1.29, 1.82) is 0 Å². The second-order valence-corrected chi connectivity index (χ2v) is 13.5. The Hall–Kier alpha value is -4.62. The van der Waals surface area contributed by atoms with E-state index in [0.717, 1.165) is 48.8 Å². The van der Waals surface area contributed by atoms with Crippen molar-refractivity contribution in [2.45, 2.75) is 51.1 Å². The summed E-state index contributed by atoms with van der Waals surface area (Å²) >= 11 is 0. The quantitative estimate of drug-likeness (QED) is 0.233. The van der Waals surface area contributed by atoms with E-state index >= 15 is 0 Å². The third kappa shape index (κ3) is 4.43. The average Bonchev–Trinajstić information content (AvgIpc) is 3.33. The Morgan fingerprint density at radius 3 is 2.37 bits per heavy atom. The summed E-state index contributed by atoms with van der Waals surface area (Å²) < 4.78 is 0. The van der Waals surface area contributed by atoms with Crippen molar-refractivity contribution in [1.82, 2.24) is 9.80 Å². The Morgan fingerprint density at radius 1 is 0.848 bits per heavy atom. The van der Waals surface area contributed by atoms with Crippen molar-refractivity contribution >= 4 is 34.2 Å². The van der Waals surface area contributed by atoms with Gasteiger partial charge in [-0.1, -0.05) is 72.3 Å². The van der Waals surface area contributed by atoms with Gasteiger partial charge < -0.3 is 5.11 Å². The number of phenols is 1. The number of Topliss-reactive ketones (excluding diaryl/α,β-unsaturated/α-hetero) is 1. The second kappa shape index (κ2) is 11.0. The number of benzene rings is 3. The van der Waals surface area contributed by atoms with Gasteiger partial charge >= 0.3 is 0 Å². The number of carbonyl (C=O) groups is 4. The lowest BCUT2D eigenvalue weighted by Crippen LogP contribution is -2.47. The van der Waals surface area contributed by atoms with Crippen LogP contribution in [0.1, 0.15) is 49.7 Å². The Morgan fingerprint density at radius 2 is 1.59 bits per heavy atom. The summed E-state index contributed by atoms with van der Waals surface area (Å²) in [5, 5.41) is 13.1. The summed E-state index contributed by atoms with van der Waals surface area (Å²) in [6.07, 6.45) is 5.52. The smallest absolute Gasteiger partial charge is 0.233 e. The highest BCUT2D eigenvalue weighted by Crippen LogP contribution is 2.57. The van der Waals surface area contributed by atoms with Gasteiger partial charge in [0.25, 0.3) is 0 Å². The molecule has 2 amide bonds. The molecule has 5 aliphatic rings. The molecule has 4 atom stereocenters. The summed E-state index contributed by atoms with van der Waals surface area (Å²) in [4.78, 5) is 59.7. The van der Waals surface area contributed by atoms with Gasteiger partial charge in [0.1, 0.15) is 5.75 Å². The fourth-order valence-corrected chi connectivity index (χ4v) is 8.86. The third-order valence-electron chi connectivity index (χ3n) is 11.0. The molecule has 2 fully saturated rings. The van der Waals surface area contributed by atoms with Crippen LogP contribution in [0.5, 0.6) is 5.75 Å². The van der Waals surface area contributed by atoms with E-state index in [1.54, 1.807) is 17.9 Å². The predicted octanol–water partition coefficient (Wildman–Crippen LogP) is 5.64. The summed E-state index contributed by atoms with van der Waals surface area (Å²) in [5.41, 5.74) is 3.87. The molecule has 232 valence electrons. The molecule has 0 unspecified atom stereocenters. The molecule has 0 aromatic heterocycles. The van der Waals surface area contributed by atoms with E-state index in [0.29, 0.717) is 28.7 Å². The summed E-state index contributed by atoms with van der Waals surface area (Å²) in [6.45, 7) is 4.11. The number of phenolic OH excluding ortho intramolecular Hbond substituents is 1. The summed E-state index contributed by atoms with van der Waals surface area (Å²) in [5.74, 6) is -2.83. The summed E-state index contributed by atoms with van der Waals surface area (Å²) in [7, 11) is 0. The Labute approximate surface area is 267 Å². The predicted molar refractivity (Wildman–Crippen MR) is 174 cm³/mol. The van der Waals surface area contributed by atoms with Crippen LogP contribution in [0.2, 0.25) is 0 Å². The van der Waals surface area contributed by atoms with Crippen LogP contribution in [-0.4, -0.2) is 57.4 Å². The topological polar surface area (TPSA) is 95.0 Å². The molecule has 3 aromatic rings. The molecule has 3 aliphatic carbocycles. The minimum Gasteiger partial charge on any atom is -0.508 e. The van der Waals surface area contributed by atoms with Crippen LogP contribution in [0.4, 0.5) is 0 Å². The molecule has 8 rings (SSSR count). The fourth-order valence-electron chi connectivity index (χ4n) is 8.86. The Balaban J connectivity index is 1.15. The molecule has 2 saturated heterocycles. The highest BCUT2D eigenvalue weighted by molar-refractivity contribution is 6.24. The zero-order valence-corrected chi connectivity index (χ0v) is 25.8. The van der Waals surface area contributed by atoms with Crippen LogP contribution in [0.15, 0.2) is 101 Å². The van der Waals surface area contributed by atoms with Gasteiger partial charge in [-0.15, -0.1) is 0 Å². The number of rotatable bonds is 4. The molecule has 7 heteroatoms. The number of fused-ring (bicyclic) bond motifs is 4. The van der Waals surface area contributed by atoms with Crippen molar-refractivity contribution in [3.63, 3.8) is 0 Å². The molecular formula is C39H36N2O5. The lowest BCUT2D eigenvalue weighted by atomic mass is 9.59. The molecular weight excluding hydrogens is 576 g/mol. The standard InChI is InChI=1S/C39H36N2O5/c1-22-19-32(43)35-30(37(22)44)20-29-27(36(35)34-26-10-6-5-9-24(26)11-14-31(34)42)12-13-28-33(29)39(46)41(38(28)45)25-15-17-40(18-16-25)21-23-7-3-2-4-8-23/h2-12,14,19,25,28-29,33,36,42H,13,15-18,20-21H2,1H3/t28-,29+,33-,36+/m0/s1. The number of carbonyl (C=O) groups excluding carboxylic acids is 4. The van der Waals surface area contributed by atoms with Crippen molar-refractivity contribution in [2.24, 2.45) is 17.8 Å². The number of ketones is 2. The molecule has 0 saturated carbocycles. The largest absolute Gasteiger partial charge is 0.508 e. The number of allylic oxidation sites excluding steroid dienone is 6. The van der Waals surface area contributed by atoms with Crippen LogP contribution in [-0.2, 0) is 25.7 Å². The van der Waals surface area contributed by atoms with Crippen molar-refractivity contribution in [3.8, 4) is 5.75 Å². The third-order valence-corrected chi connectivity index (χ3v) is 11.0. The molecule has 0 radical (unpaired) electrons. The number of aromatic hydroxyl groups is 1. The molecule has 3 aromatic carbocycles. The van der Waals surface area contributed by atoms with E-state index in [4.69, 9.17) is 0 Å². The lowest BCUT2D eigenvalue weighted by Gasteiger charge is -2.42. The van der Waals surface area contributed by atoms with Crippen LogP contribution in [0.3, 0.4) is 0 Å². The van der Waals surface area contributed by atoms with E-state index in [2.05, 4.69) is 17.0 Å². The maximum absolute atomic E-state index is 14.4. The van der Waals surface area contributed by atoms with Gasteiger partial charge in [0.15, 0.2) is 11.6 Å². The normalized spacial score (nSPS) is 27.0. The number of amides is 2. The first-order chi connectivity index (χ1) is 22.3. The van der Waals surface area contributed by atoms with Crippen LogP contribution in [0, 0.1) is 17.8 Å². The number of imide groups is 1. The maximum atomic E-state index is 14.4. The molecule has 0 spiro atoms. The van der Waals surface area contributed by atoms with E-state index in [1.165, 1.54) is 11.6 Å². The van der Waals surface area contributed by atoms with E-state index in [1.807, 2.05) is 54.6 Å². The second-order valence-electron chi connectivity index (χ2n) is 13.5. The number of hydrogen-bond acceptors (Lipinski definition) is 6. The maximum Gasteiger partial charge on any atom is 0.233 e. The fraction of sp³-hybridized carbons (Fsp3) is 0.333. The SMILES string of the molecule is CC1=CC(=O)C2=C(C[C@@H]3C(=CC[C@@H]4C(=O)N(C5CCN(Cc6ccccc6)CC5)C(=O)[C@@H]43)[C@@H]2c2c(O)ccc3ccccc23)C1=O. The zero-order valence-electron chi connectivity index (χ0n) is 25.8. The van der Waals surface area contributed by atoms with Gasteiger partial charge in [-0.2, -0.15) is 0 Å². The number of nitrogens with zero attached hydrogens (tertiary/aromatic N) is 2. The minimum absolute atomic E-state index is 0.0449. The van der Waals surface area contributed by atoms with E-state index < -0.39 is 23.7 Å². The first-order valence-corrected chi connectivity index (χ1v) is 16.4. The van der Waals surface area contributed by atoms with Gasteiger partial charge in [-0.3, -0.25) is 29.0 Å². The van der Waals surface area contributed by atoms with E-state index in [-0.39, 0.29) is 41.6 Å². The number of piperidine rings is 1. The van der Waals surface area contributed by atoms with Crippen molar-refractivity contribution < 1.29 is 24.3 Å². The molecule has 46 heavy (non-hydrogen) atoms. The first-order valence-electron chi connectivity index (χ1n) is 16.4. The highest BCUT2D eigenvalue weighted by atomic mass is 16.3. The van der Waals surface area contributed by atoms with Gasteiger partial charge in [0.05, 0.1) is 11.8 Å². The molecule has 2 heterocycles. The van der Waals surface area contributed by atoms with Crippen LogP contribution in [0.25, 0.3) is 10.8 Å². The first kappa shape index (κ1) is 28.8. The van der Waals surface area contributed by atoms with E-state index in [9.17, 15) is 24.3 Å². The van der Waals surface area contributed by atoms with Gasteiger partial charge in [-0.05, 0) is 67.0 Å².